The predicted octanol–water partition coefficient (Wildman–Crippen LogP) is 1.90. The first kappa shape index (κ1) is 10.5. The molecule has 0 radical (unpaired) electrons. The number of thioether (sulfide) groups is 1. The predicted molar refractivity (Wildman–Crippen MR) is 60.2 cm³/mol. The van der Waals surface area contributed by atoms with Crippen molar-refractivity contribution < 1.29 is 9.90 Å². The fraction of sp³-hybridized carbons (Fsp3) is 0.364. The number of benzene rings is 1. The molecule has 0 spiro atoms. The Balaban J connectivity index is 1.93. The van der Waals surface area contributed by atoms with E-state index < -0.39 is 5.97 Å². The minimum Gasteiger partial charge on any atom is -0.481 e. The van der Waals surface area contributed by atoms with Crippen molar-refractivity contribution in [3.63, 3.8) is 0 Å². The molecule has 0 amide bonds. The second kappa shape index (κ2) is 4.68. The Labute approximate surface area is 92.9 Å². The molecule has 3 nitrogen and oxygen atoms in total. The molecule has 2 rings (SSSR count). The van der Waals surface area contributed by atoms with Gasteiger partial charge in [0.1, 0.15) is 0 Å². The molecule has 1 aromatic carbocycles. The van der Waals surface area contributed by atoms with E-state index in [4.69, 9.17) is 5.11 Å². The molecular formula is C11H13NO2S. The number of carboxylic acids is 1. The highest BCUT2D eigenvalue weighted by molar-refractivity contribution is 7.99. The van der Waals surface area contributed by atoms with E-state index in [-0.39, 0.29) is 6.42 Å². The average molecular weight is 223 g/mol. The van der Waals surface area contributed by atoms with E-state index in [2.05, 4.69) is 17.4 Å². The second-order valence-electron chi connectivity index (χ2n) is 3.50. The van der Waals surface area contributed by atoms with Gasteiger partial charge < -0.3 is 10.4 Å². The number of hydrogen-bond donors (Lipinski definition) is 2. The topological polar surface area (TPSA) is 49.3 Å². The standard InChI is InChI=1S/C11H13NO2S/c13-11(14)5-6-12-9-7-15-10-4-2-1-3-8(9)10/h1-4,9,12H,5-7H2,(H,13,14). The molecule has 1 heterocycles. The number of nitrogens with one attached hydrogen (secondary N) is 1. The molecule has 80 valence electrons. The van der Waals surface area contributed by atoms with Crippen molar-refractivity contribution in [2.75, 3.05) is 12.3 Å². The van der Waals surface area contributed by atoms with Crippen molar-refractivity contribution in [2.45, 2.75) is 17.4 Å². The Morgan fingerprint density at radius 1 is 1.53 bits per heavy atom. The van der Waals surface area contributed by atoms with Crippen LogP contribution in [0.15, 0.2) is 29.2 Å². The van der Waals surface area contributed by atoms with Gasteiger partial charge in [0.05, 0.1) is 6.42 Å². The molecule has 0 aromatic heterocycles. The Morgan fingerprint density at radius 2 is 2.33 bits per heavy atom. The van der Waals surface area contributed by atoms with Gasteiger partial charge in [0.25, 0.3) is 0 Å². The van der Waals surface area contributed by atoms with Gasteiger partial charge in [0.15, 0.2) is 0 Å². The molecule has 0 saturated carbocycles. The number of rotatable bonds is 4. The van der Waals surface area contributed by atoms with Crippen LogP contribution in [-0.2, 0) is 4.79 Å². The van der Waals surface area contributed by atoms with E-state index in [9.17, 15) is 4.79 Å². The summed E-state index contributed by atoms with van der Waals surface area (Å²) in [5.41, 5.74) is 1.30. The smallest absolute Gasteiger partial charge is 0.304 e. The number of aliphatic carboxylic acids is 1. The zero-order chi connectivity index (χ0) is 10.7. The third kappa shape index (κ3) is 2.52. The quantitative estimate of drug-likeness (QED) is 0.818. The molecule has 4 heteroatoms. The fourth-order valence-corrected chi connectivity index (χ4v) is 2.88. The van der Waals surface area contributed by atoms with Crippen LogP contribution < -0.4 is 5.32 Å². The summed E-state index contributed by atoms with van der Waals surface area (Å²) in [6.45, 7) is 0.537. The van der Waals surface area contributed by atoms with Crippen LogP contribution in [0.2, 0.25) is 0 Å². The maximum absolute atomic E-state index is 10.4. The molecule has 0 saturated heterocycles. The molecule has 2 N–H and O–H groups in total. The van der Waals surface area contributed by atoms with Crippen LogP contribution in [-0.4, -0.2) is 23.4 Å². The van der Waals surface area contributed by atoms with Gasteiger partial charge in [-0.3, -0.25) is 4.79 Å². The highest BCUT2D eigenvalue weighted by atomic mass is 32.2. The monoisotopic (exact) mass is 223 g/mol. The summed E-state index contributed by atoms with van der Waals surface area (Å²) in [6, 6.07) is 8.58. The van der Waals surface area contributed by atoms with E-state index in [1.165, 1.54) is 10.5 Å². The molecule has 1 aliphatic heterocycles. The molecule has 15 heavy (non-hydrogen) atoms. The summed E-state index contributed by atoms with van der Waals surface area (Å²) in [5.74, 6) is 0.250. The van der Waals surface area contributed by atoms with Gasteiger partial charge in [0, 0.05) is 23.2 Å². The van der Waals surface area contributed by atoms with Crippen molar-refractivity contribution in [1.29, 1.82) is 0 Å². The molecule has 0 bridgehead atoms. The van der Waals surface area contributed by atoms with Gasteiger partial charge in [-0.1, -0.05) is 18.2 Å². The fourth-order valence-electron chi connectivity index (χ4n) is 1.68. The minimum absolute atomic E-state index is 0.184. The molecule has 1 aliphatic rings. The maximum atomic E-state index is 10.4. The molecule has 0 fully saturated rings. The number of carboxylic acid groups (broad SMARTS) is 1. The zero-order valence-corrected chi connectivity index (χ0v) is 9.09. The first-order chi connectivity index (χ1) is 7.27. The Hall–Kier alpha value is -1.00. The summed E-state index contributed by atoms with van der Waals surface area (Å²) in [6.07, 6.45) is 0.184. The third-order valence-corrected chi connectivity index (χ3v) is 3.61. The number of carbonyl (C=O) groups is 1. The van der Waals surface area contributed by atoms with Crippen LogP contribution >= 0.6 is 11.8 Å². The van der Waals surface area contributed by atoms with Crippen LogP contribution in [0.1, 0.15) is 18.0 Å². The van der Waals surface area contributed by atoms with Crippen molar-refractivity contribution in [2.24, 2.45) is 0 Å². The van der Waals surface area contributed by atoms with Crippen LogP contribution in [0.4, 0.5) is 0 Å². The third-order valence-electron chi connectivity index (χ3n) is 2.43. The van der Waals surface area contributed by atoms with Crippen LogP contribution in [0, 0.1) is 0 Å². The maximum Gasteiger partial charge on any atom is 0.304 e. The largest absolute Gasteiger partial charge is 0.481 e. The van der Waals surface area contributed by atoms with Gasteiger partial charge in [-0.2, -0.15) is 0 Å². The Kier molecular flexibility index (Phi) is 3.28. The lowest BCUT2D eigenvalue weighted by molar-refractivity contribution is -0.136. The van der Waals surface area contributed by atoms with E-state index in [0.717, 1.165) is 5.75 Å². The molecule has 1 unspecified atom stereocenters. The summed E-state index contributed by atoms with van der Waals surface area (Å²) >= 11 is 1.82. The zero-order valence-electron chi connectivity index (χ0n) is 8.27. The Bertz CT molecular complexity index is 367. The first-order valence-corrected chi connectivity index (χ1v) is 5.93. The second-order valence-corrected chi connectivity index (χ2v) is 4.56. The van der Waals surface area contributed by atoms with Gasteiger partial charge in [-0.25, -0.2) is 0 Å². The van der Waals surface area contributed by atoms with Gasteiger partial charge >= 0.3 is 5.97 Å². The minimum atomic E-state index is -0.749. The van der Waals surface area contributed by atoms with Crippen LogP contribution in [0.25, 0.3) is 0 Å². The van der Waals surface area contributed by atoms with E-state index in [1.54, 1.807) is 0 Å². The van der Waals surface area contributed by atoms with E-state index in [1.807, 2.05) is 23.9 Å². The van der Waals surface area contributed by atoms with Crippen molar-refractivity contribution in [3.05, 3.63) is 29.8 Å². The summed E-state index contributed by atoms with van der Waals surface area (Å²) in [5, 5.41) is 11.8. The SMILES string of the molecule is O=C(O)CCNC1CSc2ccccc21. The lowest BCUT2D eigenvalue weighted by atomic mass is 10.1. The van der Waals surface area contributed by atoms with Crippen molar-refractivity contribution >= 4 is 17.7 Å². The summed E-state index contributed by atoms with van der Waals surface area (Å²) < 4.78 is 0. The Morgan fingerprint density at radius 3 is 3.13 bits per heavy atom. The highest BCUT2D eigenvalue weighted by Crippen LogP contribution is 2.37. The molecule has 0 aliphatic carbocycles. The van der Waals surface area contributed by atoms with Gasteiger partial charge in [-0.15, -0.1) is 11.8 Å². The summed E-state index contributed by atoms with van der Waals surface area (Å²) in [4.78, 5) is 11.7. The van der Waals surface area contributed by atoms with Crippen LogP contribution in [0.5, 0.6) is 0 Å². The lowest BCUT2D eigenvalue weighted by Gasteiger charge is -2.11. The number of hydrogen-bond acceptors (Lipinski definition) is 3. The van der Waals surface area contributed by atoms with Crippen molar-refractivity contribution in [1.82, 2.24) is 5.32 Å². The van der Waals surface area contributed by atoms with Gasteiger partial charge in [-0.05, 0) is 11.6 Å². The summed E-state index contributed by atoms with van der Waals surface area (Å²) in [7, 11) is 0. The van der Waals surface area contributed by atoms with Gasteiger partial charge in [0.2, 0.25) is 0 Å². The highest BCUT2D eigenvalue weighted by Gasteiger charge is 2.21. The average Bonchev–Trinajstić information content (AvgIpc) is 2.62. The lowest BCUT2D eigenvalue weighted by Crippen LogP contribution is -2.23. The van der Waals surface area contributed by atoms with Crippen molar-refractivity contribution in [3.8, 4) is 0 Å². The number of fused-ring (bicyclic) bond motifs is 1. The molecule has 1 aromatic rings. The molecular weight excluding hydrogens is 210 g/mol. The molecule has 1 atom stereocenters. The normalized spacial score (nSPS) is 18.8. The van der Waals surface area contributed by atoms with Crippen LogP contribution in [0.3, 0.4) is 0 Å². The first-order valence-electron chi connectivity index (χ1n) is 4.94. The van der Waals surface area contributed by atoms with E-state index in [0.29, 0.717) is 12.6 Å². The van der Waals surface area contributed by atoms with E-state index >= 15 is 0 Å².